The number of hydrogen-bond donors (Lipinski definition) is 1. The van der Waals surface area contributed by atoms with Crippen LogP contribution in [0.5, 0.6) is 11.5 Å². The van der Waals surface area contributed by atoms with Crippen LogP contribution in [0.3, 0.4) is 0 Å². The molecule has 3 aromatic rings. The molecule has 186 valence electrons. The number of carbonyl (C=O) groups excluding carboxylic acids is 1. The van der Waals surface area contributed by atoms with Gasteiger partial charge in [0.15, 0.2) is 11.5 Å². The van der Waals surface area contributed by atoms with Gasteiger partial charge in [-0.1, -0.05) is 35.3 Å². The molecule has 0 saturated heterocycles. The van der Waals surface area contributed by atoms with Crippen molar-refractivity contribution < 1.29 is 31.8 Å². The Morgan fingerprint density at radius 2 is 1.78 bits per heavy atom. The summed E-state index contributed by atoms with van der Waals surface area (Å²) in [5.74, 6) is -1.00. The minimum absolute atomic E-state index is 0.0646. The molecule has 0 aliphatic carbocycles. The van der Waals surface area contributed by atoms with Crippen molar-refractivity contribution in [3.63, 3.8) is 0 Å². The molecule has 0 aromatic heterocycles. The average molecular weight is 539 g/mol. The first-order chi connectivity index (χ1) is 17.0. The van der Waals surface area contributed by atoms with E-state index in [1.165, 1.54) is 37.5 Å². The fourth-order valence-electron chi connectivity index (χ4n) is 3.00. The number of hydrogen-bond acceptors (Lipinski definition) is 4. The summed E-state index contributed by atoms with van der Waals surface area (Å²) in [6.07, 6.45) is -3.47. The predicted octanol–water partition coefficient (Wildman–Crippen LogP) is 7.28. The highest BCUT2D eigenvalue weighted by Crippen LogP contribution is 2.38. The van der Waals surface area contributed by atoms with Gasteiger partial charge in [0.05, 0.1) is 28.4 Å². The van der Waals surface area contributed by atoms with Gasteiger partial charge in [0.1, 0.15) is 24.1 Å². The fourth-order valence-corrected chi connectivity index (χ4v) is 3.44. The molecule has 0 unspecified atom stereocenters. The summed E-state index contributed by atoms with van der Waals surface area (Å²) in [5.41, 5.74) is -0.792. The summed E-state index contributed by atoms with van der Waals surface area (Å²) < 4.78 is 63.1. The van der Waals surface area contributed by atoms with Gasteiger partial charge in [0, 0.05) is 0 Å². The van der Waals surface area contributed by atoms with E-state index in [1.54, 1.807) is 18.2 Å². The highest BCUT2D eigenvalue weighted by Gasteiger charge is 2.31. The van der Waals surface area contributed by atoms with E-state index < -0.39 is 29.0 Å². The molecule has 36 heavy (non-hydrogen) atoms. The number of methoxy groups -OCH3 is 1. The van der Waals surface area contributed by atoms with Crippen LogP contribution in [0.25, 0.3) is 6.08 Å². The standard InChI is InChI=1S/C25H16Cl2F4N2O3/c1-35-22-10-15(9-20(27)23(22)36-13-14-2-5-18(28)6-3-14)8-16(12-32)24(34)33-21-11-17(25(29,30)31)4-7-19(21)26/h2-11H,13H2,1H3,(H,33,34)/b16-8+. The number of amides is 1. The zero-order valence-corrected chi connectivity index (χ0v) is 19.9. The van der Waals surface area contributed by atoms with Crippen LogP contribution in [0.2, 0.25) is 10.0 Å². The van der Waals surface area contributed by atoms with E-state index in [9.17, 15) is 27.6 Å². The molecule has 0 saturated carbocycles. The average Bonchev–Trinajstić information content (AvgIpc) is 2.83. The zero-order chi connectivity index (χ0) is 26.5. The van der Waals surface area contributed by atoms with E-state index in [0.717, 1.165) is 12.1 Å². The van der Waals surface area contributed by atoms with Gasteiger partial charge in [-0.15, -0.1) is 0 Å². The normalized spacial score (nSPS) is 11.6. The Bertz CT molecular complexity index is 1350. The summed E-state index contributed by atoms with van der Waals surface area (Å²) in [7, 11) is 1.36. The summed E-state index contributed by atoms with van der Waals surface area (Å²) in [4.78, 5) is 12.6. The van der Waals surface area contributed by atoms with Crippen molar-refractivity contribution in [2.75, 3.05) is 12.4 Å². The molecule has 0 heterocycles. The molecule has 0 aliphatic rings. The maximum Gasteiger partial charge on any atom is 0.416 e. The molecule has 0 radical (unpaired) electrons. The Morgan fingerprint density at radius 3 is 2.39 bits per heavy atom. The van der Waals surface area contributed by atoms with E-state index in [1.807, 2.05) is 0 Å². The van der Waals surface area contributed by atoms with Crippen LogP contribution in [-0.4, -0.2) is 13.0 Å². The van der Waals surface area contributed by atoms with Crippen LogP contribution in [0, 0.1) is 17.1 Å². The van der Waals surface area contributed by atoms with Gasteiger partial charge in [0.2, 0.25) is 0 Å². The van der Waals surface area contributed by atoms with Crippen molar-refractivity contribution in [1.82, 2.24) is 0 Å². The van der Waals surface area contributed by atoms with Gasteiger partial charge in [-0.05, 0) is 59.7 Å². The van der Waals surface area contributed by atoms with Gasteiger partial charge in [0.25, 0.3) is 5.91 Å². The van der Waals surface area contributed by atoms with Crippen molar-refractivity contribution in [1.29, 1.82) is 5.26 Å². The Hall–Kier alpha value is -3.74. The lowest BCUT2D eigenvalue weighted by atomic mass is 10.1. The molecule has 0 bridgehead atoms. The Balaban J connectivity index is 1.84. The maximum atomic E-state index is 13.1. The Kier molecular flexibility index (Phi) is 8.45. The van der Waals surface area contributed by atoms with Crippen molar-refractivity contribution in [2.24, 2.45) is 0 Å². The lowest BCUT2D eigenvalue weighted by molar-refractivity contribution is -0.137. The number of carbonyl (C=O) groups is 1. The van der Waals surface area contributed by atoms with E-state index in [4.69, 9.17) is 32.7 Å². The minimum atomic E-state index is -4.65. The summed E-state index contributed by atoms with van der Waals surface area (Å²) in [5, 5.41) is 11.6. The largest absolute Gasteiger partial charge is 0.493 e. The second kappa shape index (κ2) is 11.3. The molecule has 3 aromatic carbocycles. The second-order valence-corrected chi connectivity index (χ2v) is 8.08. The van der Waals surface area contributed by atoms with Gasteiger partial charge in [-0.2, -0.15) is 18.4 Å². The smallest absolute Gasteiger partial charge is 0.416 e. The van der Waals surface area contributed by atoms with Crippen LogP contribution < -0.4 is 14.8 Å². The fraction of sp³-hybridized carbons (Fsp3) is 0.120. The van der Waals surface area contributed by atoms with Crippen LogP contribution in [0.15, 0.2) is 60.2 Å². The topological polar surface area (TPSA) is 71.3 Å². The SMILES string of the molecule is COc1cc(/C=C(\C#N)C(=O)Nc2cc(C(F)(F)F)ccc2Cl)cc(Cl)c1OCc1ccc(F)cc1. The number of ether oxygens (including phenoxy) is 2. The van der Waals surface area contributed by atoms with Crippen LogP contribution in [-0.2, 0) is 17.6 Å². The van der Waals surface area contributed by atoms with Crippen molar-refractivity contribution >= 4 is 40.9 Å². The number of nitrogens with zero attached hydrogens (tertiary/aromatic N) is 1. The lowest BCUT2D eigenvalue weighted by Gasteiger charge is -2.14. The second-order valence-electron chi connectivity index (χ2n) is 7.27. The van der Waals surface area contributed by atoms with Crippen LogP contribution in [0.1, 0.15) is 16.7 Å². The van der Waals surface area contributed by atoms with E-state index in [2.05, 4.69) is 5.32 Å². The first-order valence-electron chi connectivity index (χ1n) is 10.1. The highest BCUT2D eigenvalue weighted by molar-refractivity contribution is 6.34. The molecular formula is C25H16Cl2F4N2O3. The maximum absolute atomic E-state index is 13.1. The zero-order valence-electron chi connectivity index (χ0n) is 18.4. The number of benzene rings is 3. The first-order valence-corrected chi connectivity index (χ1v) is 10.8. The van der Waals surface area contributed by atoms with E-state index in [0.29, 0.717) is 11.6 Å². The molecular weight excluding hydrogens is 523 g/mol. The minimum Gasteiger partial charge on any atom is -0.493 e. The number of alkyl halides is 3. The number of anilines is 1. The molecule has 1 N–H and O–H groups in total. The first kappa shape index (κ1) is 26.9. The van der Waals surface area contributed by atoms with Gasteiger partial charge >= 0.3 is 6.18 Å². The summed E-state index contributed by atoms with van der Waals surface area (Å²) in [6, 6.07) is 12.6. The number of rotatable bonds is 7. The monoisotopic (exact) mass is 538 g/mol. The van der Waals surface area contributed by atoms with E-state index in [-0.39, 0.29) is 39.4 Å². The molecule has 1 amide bonds. The van der Waals surface area contributed by atoms with Crippen molar-refractivity contribution in [2.45, 2.75) is 12.8 Å². The number of nitrogens with one attached hydrogen (secondary N) is 1. The molecule has 0 aliphatic heterocycles. The number of halogens is 6. The third kappa shape index (κ3) is 6.68. The summed E-state index contributed by atoms with van der Waals surface area (Å²) in [6.45, 7) is 0.0646. The predicted molar refractivity (Wildman–Crippen MR) is 127 cm³/mol. The van der Waals surface area contributed by atoms with Crippen LogP contribution in [0.4, 0.5) is 23.2 Å². The highest BCUT2D eigenvalue weighted by atomic mass is 35.5. The number of nitriles is 1. The quantitative estimate of drug-likeness (QED) is 0.195. The third-order valence-corrected chi connectivity index (χ3v) is 5.38. The lowest BCUT2D eigenvalue weighted by Crippen LogP contribution is -2.15. The summed E-state index contributed by atoms with van der Waals surface area (Å²) >= 11 is 12.2. The van der Waals surface area contributed by atoms with Gasteiger partial charge in [-0.25, -0.2) is 4.39 Å². The molecule has 0 spiro atoms. The van der Waals surface area contributed by atoms with Gasteiger partial charge in [-0.3, -0.25) is 4.79 Å². The van der Waals surface area contributed by atoms with Gasteiger partial charge < -0.3 is 14.8 Å². The molecule has 11 heteroatoms. The Labute approximate surface area is 213 Å². The Morgan fingerprint density at radius 1 is 1.08 bits per heavy atom. The molecule has 0 fully saturated rings. The van der Waals surface area contributed by atoms with Crippen molar-refractivity contribution in [3.05, 3.63) is 92.7 Å². The van der Waals surface area contributed by atoms with E-state index >= 15 is 0 Å². The molecule has 0 atom stereocenters. The van der Waals surface area contributed by atoms with Crippen LogP contribution >= 0.6 is 23.2 Å². The third-order valence-electron chi connectivity index (χ3n) is 4.77. The molecule has 3 rings (SSSR count). The molecule has 5 nitrogen and oxygen atoms in total. The van der Waals surface area contributed by atoms with Crippen molar-refractivity contribution in [3.8, 4) is 17.6 Å².